The van der Waals surface area contributed by atoms with Crippen LogP contribution in [0.4, 0.5) is 0 Å². The molecule has 128 valence electrons. The maximum Gasteiger partial charge on any atom is 0.252 e. The number of sulfonamides is 1. The minimum absolute atomic E-state index is 0.0744. The third kappa shape index (κ3) is 3.76. The molecular weight excluding hydrogens is 334 g/mol. The second-order valence-electron chi connectivity index (χ2n) is 6.20. The van der Waals surface area contributed by atoms with E-state index in [0.29, 0.717) is 36.4 Å². The average molecular weight is 358 g/mol. The van der Waals surface area contributed by atoms with Crippen LogP contribution in [-0.2, 0) is 21.2 Å². The quantitative estimate of drug-likeness (QED) is 0.869. The van der Waals surface area contributed by atoms with Crippen molar-refractivity contribution in [2.24, 2.45) is 0 Å². The van der Waals surface area contributed by atoms with Crippen molar-refractivity contribution in [1.29, 1.82) is 0 Å². The highest BCUT2D eigenvalue weighted by Gasteiger charge is 2.29. The highest BCUT2D eigenvalue weighted by atomic mass is 32.2. The number of carbonyl (C=O) groups excluding carboxylic acids is 1. The van der Waals surface area contributed by atoms with E-state index in [1.807, 2.05) is 4.90 Å². The van der Waals surface area contributed by atoms with Gasteiger partial charge in [-0.1, -0.05) is 0 Å². The molecule has 0 radical (unpaired) electrons. The van der Waals surface area contributed by atoms with Gasteiger partial charge in [0.25, 0.3) is 10.0 Å². The molecule has 1 unspecified atom stereocenters. The molecule has 1 aromatic rings. The first-order valence-electron chi connectivity index (χ1n) is 8.07. The molecule has 0 saturated carbocycles. The Morgan fingerprint density at radius 1 is 1.30 bits per heavy atom. The van der Waals surface area contributed by atoms with Gasteiger partial charge in [-0.2, -0.15) is 4.31 Å². The molecule has 3 rings (SSSR count). The molecule has 3 heterocycles. The maximum absolute atomic E-state index is 12.5. The van der Waals surface area contributed by atoms with Gasteiger partial charge in [0.2, 0.25) is 5.91 Å². The Morgan fingerprint density at radius 3 is 2.74 bits per heavy atom. The van der Waals surface area contributed by atoms with Crippen LogP contribution in [0.2, 0.25) is 0 Å². The summed E-state index contributed by atoms with van der Waals surface area (Å²) >= 11 is 1.23. The van der Waals surface area contributed by atoms with Gasteiger partial charge in [0.1, 0.15) is 4.21 Å². The van der Waals surface area contributed by atoms with Gasteiger partial charge >= 0.3 is 0 Å². The fourth-order valence-electron chi connectivity index (χ4n) is 3.07. The van der Waals surface area contributed by atoms with Crippen LogP contribution >= 0.6 is 11.3 Å². The van der Waals surface area contributed by atoms with Crippen LogP contribution in [0.5, 0.6) is 0 Å². The number of carbonyl (C=O) groups is 1. The summed E-state index contributed by atoms with van der Waals surface area (Å²) in [5.41, 5.74) is 0. The summed E-state index contributed by atoms with van der Waals surface area (Å²) in [4.78, 5) is 15.0. The van der Waals surface area contributed by atoms with Crippen molar-refractivity contribution >= 4 is 27.3 Å². The Hall–Kier alpha value is -0.960. The van der Waals surface area contributed by atoms with E-state index in [1.54, 1.807) is 16.4 Å². The fraction of sp³-hybridized carbons (Fsp3) is 0.667. The van der Waals surface area contributed by atoms with E-state index < -0.39 is 10.0 Å². The zero-order valence-corrected chi connectivity index (χ0v) is 15.0. The van der Waals surface area contributed by atoms with Gasteiger partial charge in [0.15, 0.2) is 0 Å². The maximum atomic E-state index is 12.5. The number of piperazine rings is 1. The molecule has 1 aromatic heterocycles. The number of hydrogen-bond donors (Lipinski definition) is 1. The molecule has 0 aliphatic carbocycles. The summed E-state index contributed by atoms with van der Waals surface area (Å²) in [5, 5.41) is 3.31. The highest BCUT2D eigenvalue weighted by Crippen LogP contribution is 2.27. The fourth-order valence-corrected chi connectivity index (χ4v) is 6.09. The Morgan fingerprint density at radius 2 is 2.04 bits per heavy atom. The number of hydrogen-bond acceptors (Lipinski definition) is 5. The molecule has 2 fully saturated rings. The van der Waals surface area contributed by atoms with Crippen molar-refractivity contribution in [3.05, 3.63) is 17.0 Å². The van der Waals surface area contributed by atoms with Gasteiger partial charge in [-0.3, -0.25) is 4.79 Å². The second-order valence-corrected chi connectivity index (χ2v) is 9.54. The molecule has 1 amide bonds. The first-order valence-corrected chi connectivity index (χ1v) is 10.3. The monoisotopic (exact) mass is 357 g/mol. The zero-order chi connectivity index (χ0) is 16.4. The van der Waals surface area contributed by atoms with Crippen LogP contribution in [-0.4, -0.2) is 62.3 Å². The smallest absolute Gasteiger partial charge is 0.252 e. The second kappa shape index (κ2) is 6.88. The summed E-state index contributed by atoms with van der Waals surface area (Å²) in [6, 6.07) is 3.72. The van der Waals surface area contributed by atoms with Crippen molar-refractivity contribution < 1.29 is 13.2 Å². The van der Waals surface area contributed by atoms with Crippen LogP contribution in [0, 0.1) is 0 Å². The molecule has 8 heteroatoms. The standard InChI is InChI=1S/C15H23N3O3S2/c1-12-11-17(9-6-16-12)14(19)10-13-4-5-15(22-13)23(20,21)18-7-2-3-8-18/h4-5,12,16H,2-3,6-11H2,1H3. The molecule has 0 aromatic carbocycles. The van der Waals surface area contributed by atoms with E-state index in [-0.39, 0.29) is 12.3 Å². The lowest BCUT2D eigenvalue weighted by Crippen LogP contribution is -2.51. The Labute approximate surface area is 141 Å². The van der Waals surface area contributed by atoms with Crippen molar-refractivity contribution in [3.63, 3.8) is 0 Å². The van der Waals surface area contributed by atoms with Crippen LogP contribution < -0.4 is 5.32 Å². The third-order valence-electron chi connectivity index (χ3n) is 4.34. The Kier molecular flexibility index (Phi) is 5.05. The summed E-state index contributed by atoms with van der Waals surface area (Å²) < 4.78 is 26.9. The summed E-state index contributed by atoms with van der Waals surface area (Å²) in [7, 11) is -3.37. The zero-order valence-electron chi connectivity index (χ0n) is 13.3. The Bertz CT molecular complexity index is 665. The lowest BCUT2D eigenvalue weighted by molar-refractivity contribution is -0.131. The lowest BCUT2D eigenvalue weighted by atomic mass is 10.2. The highest BCUT2D eigenvalue weighted by molar-refractivity contribution is 7.91. The topological polar surface area (TPSA) is 69.7 Å². The molecule has 2 aliphatic rings. The largest absolute Gasteiger partial charge is 0.340 e. The molecular formula is C15H23N3O3S2. The van der Waals surface area contributed by atoms with Crippen molar-refractivity contribution in [1.82, 2.24) is 14.5 Å². The number of nitrogens with zero attached hydrogens (tertiary/aromatic N) is 2. The van der Waals surface area contributed by atoms with E-state index in [4.69, 9.17) is 0 Å². The minimum atomic E-state index is -3.37. The van der Waals surface area contributed by atoms with E-state index in [0.717, 1.165) is 24.3 Å². The van der Waals surface area contributed by atoms with Crippen molar-refractivity contribution in [3.8, 4) is 0 Å². The average Bonchev–Trinajstić information content (AvgIpc) is 3.19. The van der Waals surface area contributed by atoms with Gasteiger partial charge in [0, 0.05) is 43.6 Å². The number of rotatable bonds is 4. The Balaban J connectivity index is 1.66. The predicted molar refractivity (Wildman–Crippen MR) is 90.1 cm³/mol. The van der Waals surface area contributed by atoms with E-state index in [9.17, 15) is 13.2 Å². The molecule has 1 N–H and O–H groups in total. The summed E-state index contributed by atoms with van der Waals surface area (Å²) in [5.74, 6) is 0.0744. The molecule has 0 spiro atoms. The van der Waals surface area contributed by atoms with Gasteiger partial charge in [-0.05, 0) is 31.9 Å². The summed E-state index contributed by atoms with van der Waals surface area (Å²) in [6.07, 6.45) is 2.14. The van der Waals surface area contributed by atoms with Crippen LogP contribution in [0.3, 0.4) is 0 Å². The summed E-state index contributed by atoms with van der Waals surface area (Å²) in [6.45, 7) is 5.51. The number of nitrogens with one attached hydrogen (secondary N) is 1. The number of amides is 1. The lowest BCUT2D eigenvalue weighted by Gasteiger charge is -2.31. The van der Waals surface area contributed by atoms with Gasteiger partial charge in [-0.15, -0.1) is 11.3 Å². The molecule has 6 nitrogen and oxygen atoms in total. The van der Waals surface area contributed by atoms with Gasteiger partial charge < -0.3 is 10.2 Å². The van der Waals surface area contributed by atoms with E-state index >= 15 is 0 Å². The van der Waals surface area contributed by atoms with Crippen molar-refractivity contribution in [2.45, 2.75) is 36.4 Å². The normalized spacial score (nSPS) is 23.3. The first-order chi connectivity index (χ1) is 11.0. The van der Waals surface area contributed by atoms with Crippen molar-refractivity contribution in [2.75, 3.05) is 32.7 Å². The SMILES string of the molecule is CC1CN(C(=O)Cc2ccc(S(=O)(=O)N3CCCC3)s2)CCN1. The minimum Gasteiger partial charge on any atom is -0.340 e. The van der Waals surface area contributed by atoms with Crippen LogP contribution in [0.15, 0.2) is 16.3 Å². The third-order valence-corrected chi connectivity index (χ3v) is 7.79. The van der Waals surface area contributed by atoms with E-state index in [1.165, 1.54) is 11.3 Å². The van der Waals surface area contributed by atoms with Gasteiger partial charge in [-0.25, -0.2) is 8.42 Å². The molecule has 0 bridgehead atoms. The molecule has 2 aliphatic heterocycles. The van der Waals surface area contributed by atoms with Crippen LogP contribution in [0.25, 0.3) is 0 Å². The first kappa shape index (κ1) is 16.9. The number of thiophene rings is 1. The predicted octanol–water partition coefficient (Wildman–Crippen LogP) is 0.895. The van der Waals surface area contributed by atoms with Gasteiger partial charge in [0.05, 0.1) is 6.42 Å². The molecule has 23 heavy (non-hydrogen) atoms. The van der Waals surface area contributed by atoms with E-state index in [2.05, 4.69) is 12.2 Å². The molecule has 1 atom stereocenters. The van der Waals surface area contributed by atoms with Crippen LogP contribution in [0.1, 0.15) is 24.6 Å². The molecule has 2 saturated heterocycles.